The van der Waals surface area contributed by atoms with Gasteiger partial charge in [0, 0.05) is 19.9 Å². The smallest absolute Gasteiger partial charge is 0.0696 e. The number of hydrogen-bond donors (Lipinski definition) is 1. The van der Waals surface area contributed by atoms with E-state index in [1.807, 2.05) is 18.2 Å². The van der Waals surface area contributed by atoms with Gasteiger partial charge in [0.1, 0.15) is 0 Å². The van der Waals surface area contributed by atoms with Crippen molar-refractivity contribution in [3.63, 3.8) is 0 Å². The first-order valence-corrected chi connectivity index (χ1v) is 7.49. The second-order valence-electron chi connectivity index (χ2n) is 3.64. The van der Waals surface area contributed by atoms with Crippen LogP contribution in [0.1, 0.15) is 23.4 Å². The van der Waals surface area contributed by atoms with E-state index in [0.29, 0.717) is 0 Å². The zero-order valence-electron chi connectivity index (χ0n) is 9.41. The highest BCUT2D eigenvalue weighted by Crippen LogP contribution is 2.35. The molecule has 0 saturated carbocycles. The van der Waals surface area contributed by atoms with Crippen molar-refractivity contribution in [3.8, 4) is 0 Å². The lowest BCUT2D eigenvalue weighted by Gasteiger charge is -2.19. The van der Waals surface area contributed by atoms with Gasteiger partial charge in [-0.2, -0.15) is 0 Å². The molecule has 0 aliphatic carbocycles. The van der Waals surface area contributed by atoms with Crippen LogP contribution in [-0.2, 0) is 0 Å². The molecule has 90 valence electrons. The summed E-state index contributed by atoms with van der Waals surface area (Å²) < 4.78 is 1.05. The Morgan fingerprint density at radius 3 is 2.76 bits per heavy atom. The number of thiophene rings is 1. The first-order chi connectivity index (χ1) is 8.24. The summed E-state index contributed by atoms with van der Waals surface area (Å²) in [5, 5.41) is 6.36. The molecule has 2 rings (SSSR count). The molecule has 1 aromatic heterocycles. The predicted octanol–water partition coefficient (Wildman–Crippen LogP) is 4.86. The molecule has 0 saturated heterocycles. The van der Waals surface area contributed by atoms with Crippen molar-refractivity contribution < 1.29 is 0 Å². The second kappa shape index (κ2) is 6.01. The summed E-state index contributed by atoms with van der Waals surface area (Å²) >= 11 is 11.6. The molecule has 0 radical (unpaired) electrons. The summed E-state index contributed by atoms with van der Waals surface area (Å²) in [6.07, 6.45) is 0. The zero-order valence-corrected chi connectivity index (χ0v) is 12.6. The van der Waals surface area contributed by atoms with Gasteiger partial charge < -0.3 is 5.32 Å². The highest BCUT2D eigenvalue weighted by atomic mass is 79.9. The molecule has 0 aliphatic heterocycles. The molecule has 0 bridgehead atoms. The molecule has 1 aromatic carbocycles. The molecule has 1 N–H and O–H groups in total. The Hall–Kier alpha value is -0.350. The van der Waals surface area contributed by atoms with Crippen molar-refractivity contribution >= 4 is 38.9 Å². The van der Waals surface area contributed by atoms with Crippen LogP contribution >= 0.6 is 38.9 Å². The average Bonchev–Trinajstić information content (AvgIpc) is 2.80. The van der Waals surface area contributed by atoms with E-state index in [1.165, 1.54) is 4.88 Å². The quantitative estimate of drug-likeness (QED) is 0.844. The molecule has 1 heterocycles. The lowest BCUT2D eigenvalue weighted by atomic mass is 10.1. The summed E-state index contributed by atoms with van der Waals surface area (Å²) in [5.41, 5.74) is 1.11. The fourth-order valence-corrected chi connectivity index (χ4v) is 3.59. The van der Waals surface area contributed by atoms with Crippen molar-refractivity contribution in [1.82, 2.24) is 5.32 Å². The third-order valence-electron chi connectivity index (χ3n) is 2.52. The Labute approximate surface area is 119 Å². The fraction of sp³-hybridized carbons (Fsp3) is 0.231. The van der Waals surface area contributed by atoms with Crippen LogP contribution in [0.4, 0.5) is 0 Å². The highest BCUT2D eigenvalue weighted by molar-refractivity contribution is 9.10. The molecule has 0 fully saturated rings. The molecule has 4 heteroatoms. The zero-order chi connectivity index (χ0) is 12.3. The van der Waals surface area contributed by atoms with E-state index in [1.54, 1.807) is 11.3 Å². The Kier molecular flexibility index (Phi) is 4.62. The standard InChI is InChI=1S/C13H13BrClNS/c1-2-16-13(11-7-4-8-17-11)12-9(14)5-3-6-10(12)15/h3-8,13,16H,2H2,1H3. The van der Waals surface area contributed by atoms with E-state index < -0.39 is 0 Å². The Morgan fingerprint density at radius 1 is 1.35 bits per heavy atom. The minimum Gasteiger partial charge on any atom is -0.306 e. The van der Waals surface area contributed by atoms with E-state index in [2.05, 4.69) is 45.7 Å². The molecule has 17 heavy (non-hydrogen) atoms. The molecule has 2 aromatic rings. The van der Waals surface area contributed by atoms with Crippen molar-refractivity contribution in [3.05, 3.63) is 55.6 Å². The van der Waals surface area contributed by atoms with Crippen LogP contribution in [0.3, 0.4) is 0 Å². The first-order valence-electron chi connectivity index (χ1n) is 5.44. The number of halogens is 2. The van der Waals surface area contributed by atoms with E-state index in [0.717, 1.165) is 21.6 Å². The Morgan fingerprint density at radius 2 is 2.18 bits per heavy atom. The van der Waals surface area contributed by atoms with Crippen LogP contribution in [0.2, 0.25) is 5.02 Å². The third kappa shape index (κ3) is 2.91. The molecule has 1 nitrogen and oxygen atoms in total. The van der Waals surface area contributed by atoms with Crippen LogP contribution in [0, 0.1) is 0 Å². The second-order valence-corrected chi connectivity index (χ2v) is 5.88. The van der Waals surface area contributed by atoms with Crippen molar-refractivity contribution in [2.75, 3.05) is 6.54 Å². The number of rotatable bonds is 4. The van der Waals surface area contributed by atoms with Crippen LogP contribution in [0.15, 0.2) is 40.2 Å². The van der Waals surface area contributed by atoms with Crippen molar-refractivity contribution in [2.45, 2.75) is 13.0 Å². The number of benzene rings is 1. The maximum atomic E-state index is 6.31. The Balaban J connectivity index is 2.46. The molecule has 0 amide bonds. The van der Waals surface area contributed by atoms with Crippen LogP contribution in [0.25, 0.3) is 0 Å². The van der Waals surface area contributed by atoms with Gasteiger partial charge in [-0.15, -0.1) is 11.3 Å². The summed E-state index contributed by atoms with van der Waals surface area (Å²) in [7, 11) is 0. The monoisotopic (exact) mass is 329 g/mol. The van der Waals surface area contributed by atoms with Gasteiger partial charge in [-0.1, -0.05) is 46.6 Å². The molecule has 1 unspecified atom stereocenters. The topological polar surface area (TPSA) is 12.0 Å². The van der Waals surface area contributed by atoms with Gasteiger partial charge in [-0.05, 0) is 30.1 Å². The minimum atomic E-state index is 0.156. The van der Waals surface area contributed by atoms with E-state index in [-0.39, 0.29) is 6.04 Å². The molecular formula is C13H13BrClNS. The highest BCUT2D eigenvalue weighted by Gasteiger charge is 2.19. The molecule has 0 aliphatic rings. The average molecular weight is 331 g/mol. The minimum absolute atomic E-state index is 0.156. The predicted molar refractivity (Wildman–Crippen MR) is 79.0 cm³/mol. The molecular weight excluding hydrogens is 318 g/mol. The van der Waals surface area contributed by atoms with Gasteiger partial charge in [-0.3, -0.25) is 0 Å². The van der Waals surface area contributed by atoms with Crippen LogP contribution in [0.5, 0.6) is 0 Å². The van der Waals surface area contributed by atoms with Crippen LogP contribution < -0.4 is 5.32 Å². The van der Waals surface area contributed by atoms with Gasteiger partial charge in [0.2, 0.25) is 0 Å². The normalized spacial score (nSPS) is 12.6. The van der Waals surface area contributed by atoms with Gasteiger partial charge in [-0.25, -0.2) is 0 Å². The van der Waals surface area contributed by atoms with Crippen molar-refractivity contribution in [1.29, 1.82) is 0 Å². The van der Waals surface area contributed by atoms with E-state index in [9.17, 15) is 0 Å². The van der Waals surface area contributed by atoms with Crippen molar-refractivity contribution in [2.24, 2.45) is 0 Å². The van der Waals surface area contributed by atoms with Crippen LogP contribution in [-0.4, -0.2) is 6.54 Å². The fourth-order valence-electron chi connectivity index (χ4n) is 1.79. The largest absolute Gasteiger partial charge is 0.306 e. The maximum absolute atomic E-state index is 6.31. The van der Waals surface area contributed by atoms with E-state index >= 15 is 0 Å². The third-order valence-corrected chi connectivity index (χ3v) is 4.48. The van der Waals surface area contributed by atoms with Gasteiger partial charge in [0.05, 0.1) is 6.04 Å². The maximum Gasteiger partial charge on any atom is 0.0696 e. The summed E-state index contributed by atoms with van der Waals surface area (Å²) in [4.78, 5) is 1.28. The first kappa shape index (κ1) is 13.1. The number of nitrogens with one attached hydrogen (secondary N) is 1. The lowest BCUT2D eigenvalue weighted by Crippen LogP contribution is -2.21. The number of hydrogen-bond acceptors (Lipinski definition) is 2. The Bertz CT molecular complexity index is 464. The SMILES string of the molecule is CCNC(c1cccs1)c1c(Cl)cccc1Br. The summed E-state index contributed by atoms with van der Waals surface area (Å²) in [6.45, 7) is 3.01. The summed E-state index contributed by atoms with van der Waals surface area (Å²) in [5.74, 6) is 0. The van der Waals surface area contributed by atoms with Gasteiger partial charge in [0.15, 0.2) is 0 Å². The molecule has 1 atom stereocenters. The van der Waals surface area contributed by atoms with E-state index in [4.69, 9.17) is 11.6 Å². The molecule has 0 spiro atoms. The summed E-state index contributed by atoms with van der Waals surface area (Å²) in [6, 6.07) is 10.3. The van der Waals surface area contributed by atoms with Gasteiger partial charge >= 0.3 is 0 Å². The lowest BCUT2D eigenvalue weighted by molar-refractivity contribution is 0.638. The van der Waals surface area contributed by atoms with Gasteiger partial charge in [0.25, 0.3) is 0 Å².